The van der Waals surface area contributed by atoms with Crippen LogP contribution in [0.4, 0.5) is 13.2 Å². The average Bonchev–Trinajstić information content (AvgIpc) is 2.38. The summed E-state index contributed by atoms with van der Waals surface area (Å²) in [4.78, 5) is 3.56. The third kappa shape index (κ3) is 1.76. The zero-order valence-electron chi connectivity index (χ0n) is 9.48. The quantitative estimate of drug-likeness (QED) is 0.908. The Bertz CT molecular complexity index is 646. The van der Waals surface area contributed by atoms with Crippen LogP contribution in [-0.4, -0.2) is 10.1 Å². The number of aliphatic hydroxyl groups is 1. The van der Waals surface area contributed by atoms with E-state index in [-0.39, 0.29) is 22.6 Å². The minimum atomic E-state index is -3.35. The molecule has 1 unspecified atom stereocenters. The smallest absolute Gasteiger partial charge is 0.306 e. The molecule has 0 spiro atoms. The van der Waals surface area contributed by atoms with Gasteiger partial charge in [-0.05, 0) is 11.6 Å². The highest BCUT2D eigenvalue weighted by Crippen LogP contribution is 2.56. The Labute approximate surface area is 106 Å². The maximum absolute atomic E-state index is 13.5. The van der Waals surface area contributed by atoms with Crippen molar-refractivity contribution in [2.45, 2.75) is 12.0 Å². The molecule has 1 N–H and O–H groups in total. The molecule has 0 radical (unpaired) electrons. The van der Waals surface area contributed by atoms with Gasteiger partial charge in [0.25, 0.3) is 0 Å². The third-order valence-electron chi connectivity index (χ3n) is 2.94. The number of aromatic nitrogens is 1. The molecule has 98 valence electrons. The molecule has 1 heterocycles. The van der Waals surface area contributed by atoms with E-state index in [0.717, 1.165) is 12.3 Å². The van der Waals surface area contributed by atoms with Gasteiger partial charge < -0.3 is 9.84 Å². The van der Waals surface area contributed by atoms with Crippen LogP contribution in [0.25, 0.3) is 0 Å². The molecule has 0 saturated carbocycles. The molecule has 19 heavy (non-hydrogen) atoms. The largest absolute Gasteiger partial charge is 0.455 e. The van der Waals surface area contributed by atoms with E-state index in [2.05, 4.69) is 4.98 Å². The number of alkyl halides is 2. The summed E-state index contributed by atoms with van der Waals surface area (Å²) in [6.07, 6.45) is 0.376. The van der Waals surface area contributed by atoms with Crippen LogP contribution in [-0.2, 0) is 5.92 Å². The second-order valence-electron chi connectivity index (χ2n) is 4.19. The lowest BCUT2D eigenvalue weighted by molar-refractivity contribution is -0.148. The monoisotopic (exact) mass is 267 g/mol. The van der Waals surface area contributed by atoms with Crippen molar-refractivity contribution >= 4 is 0 Å². The zero-order chi connectivity index (χ0) is 13.6. The van der Waals surface area contributed by atoms with E-state index in [1.165, 1.54) is 24.4 Å². The Balaban J connectivity index is 2.00. The summed E-state index contributed by atoms with van der Waals surface area (Å²) in [5.41, 5.74) is -0.251. The summed E-state index contributed by atoms with van der Waals surface area (Å²) in [5, 5.41) is 9.28. The molecule has 2 aromatic rings. The van der Waals surface area contributed by atoms with Crippen LogP contribution < -0.4 is 4.74 Å². The van der Waals surface area contributed by atoms with Gasteiger partial charge in [0.1, 0.15) is 23.4 Å². The van der Waals surface area contributed by atoms with Crippen molar-refractivity contribution in [3.63, 3.8) is 0 Å². The Morgan fingerprint density at radius 3 is 2.79 bits per heavy atom. The van der Waals surface area contributed by atoms with E-state index < -0.39 is 17.8 Å². The molecule has 1 aliphatic carbocycles. The molecular weight excluding hydrogens is 259 g/mol. The first-order valence-electron chi connectivity index (χ1n) is 5.48. The average molecular weight is 267 g/mol. The van der Waals surface area contributed by atoms with E-state index in [0.29, 0.717) is 0 Å². The minimum absolute atomic E-state index is 0.0191. The van der Waals surface area contributed by atoms with Gasteiger partial charge in [-0.1, -0.05) is 12.1 Å². The SMILES string of the molecule is OC1c2cccc(Oc3cncc(F)c3)c2C1(F)F. The zero-order valence-corrected chi connectivity index (χ0v) is 9.48. The predicted octanol–water partition coefficient (Wildman–Crippen LogP) is 3.15. The van der Waals surface area contributed by atoms with Gasteiger partial charge in [-0.2, -0.15) is 8.78 Å². The van der Waals surface area contributed by atoms with Crippen molar-refractivity contribution in [3.8, 4) is 11.5 Å². The molecule has 1 aromatic carbocycles. The van der Waals surface area contributed by atoms with Crippen LogP contribution in [0, 0.1) is 5.82 Å². The predicted molar refractivity (Wildman–Crippen MR) is 59.6 cm³/mol. The number of benzene rings is 1. The molecular formula is C13H8F3NO2. The van der Waals surface area contributed by atoms with Gasteiger partial charge >= 0.3 is 5.92 Å². The summed E-state index contributed by atoms with van der Waals surface area (Å²) in [5.74, 6) is -4.07. The van der Waals surface area contributed by atoms with Crippen molar-refractivity contribution < 1.29 is 23.0 Å². The minimum Gasteiger partial charge on any atom is -0.455 e. The summed E-state index contributed by atoms with van der Waals surface area (Å²) in [6, 6.07) is 5.26. The van der Waals surface area contributed by atoms with Crippen molar-refractivity contribution in [3.05, 3.63) is 53.6 Å². The van der Waals surface area contributed by atoms with Gasteiger partial charge in [0.15, 0.2) is 0 Å². The number of fused-ring (bicyclic) bond motifs is 1. The first kappa shape index (κ1) is 12.0. The summed E-state index contributed by atoms with van der Waals surface area (Å²) < 4.78 is 45.3. The fraction of sp³-hybridized carbons (Fsp3) is 0.154. The van der Waals surface area contributed by atoms with Crippen molar-refractivity contribution in [2.24, 2.45) is 0 Å². The van der Waals surface area contributed by atoms with Crippen molar-refractivity contribution in [1.82, 2.24) is 4.98 Å². The van der Waals surface area contributed by atoms with Crippen LogP contribution in [0.15, 0.2) is 36.7 Å². The molecule has 0 bridgehead atoms. The van der Waals surface area contributed by atoms with Crippen molar-refractivity contribution in [2.75, 3.05) is 0 Å². The Hall–Kier alpha value is -2.08. The van der Waals surface area contributed by atoms with E-state index in [9.17, 15) is 18.3 Å². The second-order valence-corrected chi connectivity index (χ2v) is 4.19. The van der Waals surface area contributed by atoms with E-state index in [4.69, 9.17) is 4.74 Å². The third-order valence-corrected chi connectivity index (χ3v) is 2.94. The number of rotatable bonds is 2. The molecule has 6 heteroatoms. The van der Waals surface area contributed by atoms with Crippen LogP contribution in [0.5, 0.6) is 11.5 Å². The van der Waals surface area contributed by atoms with Gasteiger partial charge in [0.05, 0.1) is 18.0 Å². The summed E-state index contributed by atoms with van der Waals surface area (Å²) >= 11 is 0. The summed E-state index contributed by atoms with van der Waals surface area (Å²) in [6.45, 7) is 0. The van der Waals surface area contributed by atoms with Crippen LogP contribution in [0.3, 0.4) is 0 Å². The van der Waals surface area contributed by atoms with Crippen LogP contribution in [0.1, 0.15) is 17.2 Å². The fourth-order valence-electron chi connectivity index (χ4n) is 2.05. The molecule has 1 atom stereocenters. The van der Waals surface area contributed by atoms with Gasteiger partial charge in [0, 0.05) is 6.07 Å². The van der Waals surface area contributed by atoms with E-state index >= 15 is 0 Å². The Kier molecular flexibility index (Phi) is 2.50. The Morgan fingerprint density at radius 1 is 1.26 bits per heavy atom. The van der Waals surface area contributed by atoms with E-state index in [1.54, 1.807) is 0 Å². The molecule has 1 aliphatic rings. The molecule has 3 nitrogen and oxygen atoms in total. The first-order chi connectivity index (χ1) is 9.00. The lowest BCUT2D eigenvalue weighted by Gasteiger charge is -2.36. The number of hydrogen-bond donors (Lipinski definition) is 1. The highest BCUT2D eigenvalue weighted by atomic mass is 19.3. The number of nitrogens with zero attached hydrogens (tertiary/aromatic N) is 1. The number of ether oxygens (including phenoxy) is 1. The number of halogens is 3. The summed E-state index contributed by atoms with van der Waals surface area (Å²) in [7, 11) is 0. The molecule has 1 aromatic heterocycles. The lowest BCUT2D eigenvalue weighted by atomic mass is 9.80. The molecule has 0 amide bonds. The highest BCUT2D eigenvalue weighted by Gasteiger charge is 2.55. The normalized spacial score (nSPS) is 19.5. The molecule has 0 aliphatic heterocycles. The molecule has 0 saturated heterocycles. The van der Waals surface area contributed by atoms with Gasteiger partial charge in [0.2, 0.25) is 0 Å². The second kappa shape index (κ2) is 3.96. The molecule has 0 fully saturated rings. The van der Waals surface area contributed by atoms with Gasteiger partial charge in [-0.3, -0.25) is 4.98 Å². The number of aliphatic hydroxyl groups excluding tert-OH is 1. The number of pyridine rings is 1. The van der Waals surface area contributed by atoms with Crippen LogP contribution in [0.2, 0.25) is 0 Å². The van der Waals surface area contributed by atoms with Crippen LogP contribution >= 0.6 is 0 Å². The topological polar surface area (TPSA) is 42.4 Å². The maximum Gasteiger partial charge on any atom is 0.306 e. The fourth-order valence-corrected chi connectivity index (χ4v) is 2.05. The highest BCUT2D eigenvalue weighted by molar-refractivity contribution is 5.53. The first-order valence-corrected chi connectivity index (χ1v) is 5.48. The Morgan fingerprint density at radius 2 is 2.05 bits per heavy atom. The van der Waals surface area contributed by atoms with Gasteiger partial charge in [-0.15, -0.1) is 0 Å². The molecule has 3 rings (SSSR count). The number of hydrogen-bond acceptors (Lipinski definition) is 3. The standard InChI is InChI=1S/C13H8F3NO2/c14-7-4-8(6-17-5-7)19-10-3-1-2-9-11(10)13(15,16)12(9)18/h1-6,12,18H. The maximum atomic E-state index is 13.5. The lowest BCUT2D eigenvalue weighted by Crippen LogP contribution is -2.36. The van der Waals surface area contributed by atoms with E-state index in [1.807, 2.05) is 0 Å². The van der Waals surface area contributed by atoms with Crippen molar-refractivity contribution in [1.29, 1.82) is 0 Å². The van der Waals surface area contributed by atoms with Gasteiger partial charge in [-0.25, -0.2) is 4.39 Å².